The first kappa shape index (κ1) is 31.4. The van der Waals surface area contributed by atoms with E-state index in [9.17, 15) is 22.4 Å². The molecule has 3 aromatic rings. The van der Waals surface area contributed by atoms with Crippen molar-refractivity contribution in [1.29, 1.82) is 0 Å². The van der Waals surface area contributed by atoms with Crippen molar-refractivity contribution in [3.8, 4) is 11.5 Å². The number of anilines is 1. The highest BCUT2D eigenvalue weighted by Gasteiger charge is 2.34. The van der Waals surface area contributed by atoms with Crippen LogP contribution in [0.1, 0.15) is 32.3 Å². The van der Waals surface area contributed by atoms with E-state index >= 15 is 0 Å². The maximum atomic E-state index is 14.0. The molecule has 0 heterocycles. The zero-order valence-electron chi connectivity index (χ0n) is 23.7. The molecule has 41 heavy (non-hydrogen) atoms. The molecule has 0 aliphatic carbocycles. The van der Waals surface area contributed by atoms with Gasteiger partial charge in [0, 0.05) is 19.2 Å². The molecule has 9 nitrogen and oxygen atoms in total. The van der Waals surface area contributed by atoms with Crippen LogP contribution in [0.5, 0.6) is 11.5 Å². The third-order valence-electron chi connectivity index (χ3n) is 6.47. The molecule has 0 saturated carbocycles. The van der Waals surface area contributed by atoms with Crippen molar-refractivity contribution in [3.63, 3.8) is 0 Å². The molecule has 0 aromatic heterocycles. The molecular formula is C30H36FN3O6S. The molecule has 1 atom stereocenters. The summed E-state index contributed by atoms with van der Waals surface area (Å²) in [7, 11) is -1.56. The van der Waals surface area contributed by atoms with Gasteiger partial charge in [0.25, 0.3) is 10.0 Å². The molecule has 3 rings (SSSR count). The number of hydrogen-bond donors (Lipinski definition) is 1. The lowest BCUT2D eigenvalue weighted by Crippen LogP contribution is -2.52. The maximum absolute atomic E-state index is 14.0. The first-order valence-electron chi connectivity index (χ1n) is 13.3. The van der Waals surface area contributed by atoms with E-state index in [1.807, 2.05) is 37.3 Å². The Bertz CT molecular complexity index is 1420. The number of sulfonamides is 1. The van der Waals surface area contributed by atoms with Crippen molar-refractivity contribution in [3.05, 3.63) is 84.2 Å². The molecule has 1 N–H and O–H groups in total. The number of benzene rings is 3. The second-order valence-electron chi connectivity index (χ2n) is 9.23. The van der Waals surface area contributed by atoms with Crippen LogP contribution in [0.25, 0.3) is 0 Å². The topological polar surface area (TPSA) is 105 Å². The first-order valence-corrected chi connectivity index (χ1v) is 14.7. The number of nitrogens with one attached hydrogen (secondary N) is 1. The van der Waals surface area contributed by atoms with E-state index in [4.69, 9.17) is 9.47 Å². The summed E-state index contributed by atoms with van der Waals surface area (Å²) in [5.74, 6) is -0.972. The Labute approximate surface area is 240 Å². The van der Waals surface area contributed by atoms with Crippen molar-refractivity contribution >= 4 is 27.5 Å². The number of methoxy groups -OCH3 is 2. The lowest BCUT2D eigenvalue weighted by Gasteiger charge is -2.33. The SMILES string of the molecule is CCCNC(=O)C(CC)N(Cc1ccccc1)C(=O)CN(c1ccc(F)cc1)S(=O)(=O)c1ccc(OC)c(OC)c1. The largest absolute Gasteiger partial charge is 0.493 e. The molecule has 0 fully saturated rings. The molecule has 0 saturated heterocycles. The number of hydrogen-bond acceptors (Lipinski definition) is 6. The Morgan fingerprint density at radius 1 is 0.927 bits per heavy atom. The van der Waals surface area contributed by atoms with Gasteiger partial charge in [0.1, 0.15) is 18.4 Å². The van der Waals surface area contributed by atoms with Crippen molar-refractivity contribution in [2.45, 2.75) is 44.2 Å². The number of nitrogens with zero attached hydrogens (tertiary/aromatic N) is 2. The number of carbonyl (C=O) groups excluding carboxylic acids is 2. The average molecular weight is 586 g/mol. The summed E-state index contributed by atoms with van der Waals surface area (Å²) in [4.78, 5) is 28.3. The summed E-state index contributed by atoms with van der Waals surface area (Å²) in [5.41, 5.74) is 0.858. The van der Waals surface area contributed by atoms with Gasteiger partial charge in [-0.25, -0.2) is 12.8 Å². The van der Waals surface area contributed by atoms with Crippen LogP contribution in [0.15, 0.2) is 77.7 Å². The Balaban J connectivity index is 2.07. The monoisotopic (exact) mass is 585 g/mol. The molecule has 2 amide bonds. The Hall–Kier alpha value is -4.12. The molecule has 0 aliphatic heterocycles. The van der Waals surface area contributed by atoms with Gasteiger partial charge in [0.15, 0.2) is 11.5 Å². The van der Waals surface area contributed by atoms with Gasteiger partial charge in [-0.05, 0) is 54.8 Å². The van der Waals surface area contributed by atoms with Crippen molar-refractivity contribution in [2.24, 2.45) is 0 Å². The van der Waals surface area contributed by atoms with Crippen LogP contribution in [0.2, 0.25) is 0 Å². The Kier molecular flexibility index (Phi) is 11.1. The zero-order valence-corrected chi connectivity index (χ0v) is 24.5. The van der Waals surface area contributed by atoms with Crippen LogP contribution in [0, 0.1) is 5.82 Å². The fraction of sp³-hybridized carbons (Fsp3) is 0.333. The summed E-state index contributed by atoms with van der Waals surface area (Å²) in [6.45, 7) is 3.61. The van der Waals surface area contributed by atoms with Crippen molar-refractivity contribution < 1.29 is 31.9 Å². The molecule has 3 aromatic carbocycles. The third kappa shape index (κ3) is 7.75. The lowest BCUT2D eigenvalue weighted by molar-refractivity contribution is -0.140. The van der Waals surface area contributed by atoms with Crippen LogP contribution in [-0.4, -0.2) is 58.5 Å². The van der Waals surface area contributed by atoms with Crippen molar-refractivity contribution in [2.75, 3.05) is 31.6 Å². The summed E-state index contributed by atoms with van der Waals surface area (Å²) < 4.78 is 53.2. The highest BCUT2D eigenvalue weighted by Crippen LogP contribution is 2.32. The van der Waals surface area contributed by atoms with Gasteiger partial charge < -0.3 is 19.7 Å². The highest BCUT2D eigenvalue weighted by molar-refractivity contribution is 7.92. The molecule has 0 radical (unpaired) electrons. The summed E-state index contributed by atoms with van der Waals surface area (Å²) in [5, 5.41) is 2.84. The molecule has 0 aliphatic rings. The van der Waals surface area contributed by atoms with Gasteiger partial charge in [-0.1, -0.05) is 44.2 Å². The number of halogens is 1. The number of rotatable bonds is 14. The minimum atomic E-state index is -4.37. The van der Waals surface area contributed by atoms with E-state index in [0.29, 0.717) is 18.7 Å². The number of carbonyl (C=O) groups is 2. The van der Waals surface area contributed by atoms with E-state index in [0.717, 1.165) is 28.4 Å². The normalized spacial score (nSPS) is 11.8. The van der Waals surface area contributed by atoms with Gasteiger partial charge in [0.05, 0.1) is 24.8 Å². The fourth-order valence-electron chi connectivity index (χ4n) is 4.31. The number of ether oxygens (including phenoxy) is 2. The van der Waals surface area contributed by atoms with Crippen LogP contribution in [0.4, 0.5) is 10.1 Å². The van der Waals surface area contributed by atoms with Crippen LogP contribution < -0.4 is 19.1 Å². The van der Waals surface area contributed by atoms with E-state index in [2.05, 4.69) is 5.32 Å². The van der Waals surface area contributed by atoms with E-state index in [1.54, 1.807) is 6.92 Å². The third-order valence-corrected chi connectivity index (χ3v) is 8.24. The first-order chi connectivity index (χ1) is 19.7. The molecule has 0 bridgehead atoms. The molecule has 11 heteroatoms. The fourth-order valence-corrected chi connectivity index (χ4v) is 5.74. The molecule has 220 valence electrons. The quantitative estimate of drug-likeness (QED) is 0.301. The van der Waals surface area contributed by atoms with Crippen LogP contribution in [0.3, 0.4) is 0 Å². The standard InChI is InChI=1S/C30H36FN3O6S/c1-5-18-32-30(36)26(6-2)33(20-22-10-8-7-9-11-22)29(35)21-34(24-14-12-23(31)13-15-24)41(37,38)25-16-17-27(39-3)28(19-25)40-4/h7-17,19,26H,5-6,18,20-21H2,1-4H3,(H,32,36). The predicted octanol–water partition coefficient (Wildman–Crippen LogP) is 4.37. The van der Waals surface area contributed by atoms with Gasteiger partial charge in [-0.3, -0.25) is 13.9 Å². The molecule has 0 spiro atoms. The minimum absolute atomic E-state index is 0.0812. The van der Waals surface area contributed by atoms with Gasteiger partial charge in [-0.2, -0.15) is 0 Å². The maximum Gasteiger partial charge on any atom is 0.264 e. The Morgan fingerprint density at radius 2 is 1.59 bits per heavy atom. The van der Waals surface area contributed by atoms with Gasteiger partial charge in [0.2, 0.25) is 11.8 Å². The summed E-state index contributed by atoms with van der Waals surface area (Å²) in [6, 6.07) is 17.2. The second-order valence-corrected chi connectivity index (χ2v) is 11.1. The summed E-state index contributed by atoms with van der Waals surface area (Å²) >= 11 is 0. The average Bonchev–Trinajstić information content (AvgIpc) is 2.99. The number of amides is 2. The lowest BCUT2D eigenvalue weighted by atomic mass is 10.1. The predicted molar refractivity (Wildman–Crippen MR) is 155 cm³/mol. The van der Waals surface area contributed by atoms with Crippen LogP contribution in [-0.2, 0) is 26.2 Å². The zero-order chi connectivity index (χ0) is 30.0. The van der Waals surface area contributed by atoms with Crippen LogP contribution >= 0.6 is 0 Å². The Morgan fingerprint density at radius 3 is 2.17 bits per heavy atom. The molecule has 1 unspecified atom stereocenters. The van der Waals surface area contributed by atoms with E-state index < -0.39 is 34.3 Å². The van der Waals surface area contributed by atoms with Crippen molar-refractivity contribution in [1.82, 2.24) is 10.2 Å². The summed E-state index contributed by atoms with van der Waals surface area (Å²) in [6.07, 6.45) is 1.03. The smallest absolute Gasteiger partial charge is 0.264 e. The van der Waals surface area contributed by atoms with Gasteiger partial charge >= 0.3 is 0 Å². The second kappa shape index (κ2) is 14.5. The molecular weight excluding hydrogens is 549 g/mol. The minimum Gasteiger partial charge on any atom is -0.493 e. The van der Waals surface area contributed by atoms with E-state index in [-0.39, 0.29) is 28.8 Å². The highest BCUT2D eigenvalue weighted by atomic mass is 32.2. The van der Waals surface area contributed by atoms with E-state index in [1.165, 1.54) is 49.5 Å². The van der Waals surface area contributed by atoms with Gasteiger partial charge in [-0.15, -0.1) is 0 Å².